The minimum Gasteiger partial charge on any atom is -0.207 e. The van der Waals surface area contributed by atoms with Gasteiger partial charge in [0.15, 0.2) is 0 Å². The lowest BCUT2D eigenvalue weighted by Gasteiger charge is -2.13. The lowest BCUT2D eigenvalue weighted by Crippen LogP contribution is -2.06. The molecule has 0 spiro atoms. The molecule has 0 saturated carbocycles. The largest absolute Gasteiger partial charge is 0.207 e. The van der Waals surface area contributed by atoms with Crippen LogP contribution in [-0.2, 0) is 0 Å². The molecule has 0 fully saturated rings. The summed E-state index contributed by atoms with van der Waals surface area (Å²) in [6, 6.07) is 5.17. The van der Waals surface area contributed by atoms with Gasteiger partial charge in [-0.1, -0.05) is 13.8 Å². The van der Waals surface area contributed by atoms with Crippen molar-refractivity contribution >= 4 is 0 Å². The third kappa shape index (κ3) is 2.08. The fourth-order valence-electron chi connectivity index (χ4n) is 1.33. The summed E-state index contributed by atoms with van der Waals surface area (Å²) in [5, 5.41) is 8.83. The van der Waals surface area contributed by atoms with Crippen molar-refractivity contribution in [2.24, 2.45) is 5.92 Å². The smallest absolute Gasteiger partial charge is 0.127 e. The first kappa shape index (κ1) is 10.6. The Hall–Kier alpha value is -1.43. The number of halogens is 2. The summed E-state index contributed by atoms with van der Waals surface area (Å²) in [6.07, 6.45) is 0. The molecular weight excluding hydrogens is 184 g/mol. The van der Waals surface area contributed by atoms with Crippen molar-refractivity contribution in [1.29, 1.82) is 5.26 Å². The first-order chi connectivity index (χ1) is 6.56. The van der Waals surface area contributed by atoms with Crippen LogP contribution in [0.1, 0.15) is 25.3 Å². The molecule has 0 aliphatic heterocycles. The van der Waals surface area contributed by atoms with E-state index in [4.69, 9.17) is 5.26 Å². The van der Waals surface area contributed by atoms with E-state index in [1.165, 1.54) is 0 Å². The summed E-state index contributed by atoms with van der Waals surface area (Å²) in [7, 11) is 0. The highest BCUT2D eigenvalue weighted by Crippen LogP contribution is 2.26. The van der Waals surface area contributed by atoms with Gasteiger partial charge >= 0.3 is 0 Å². The van der Waals surface area contributed by atoms with Crippen LogP contribution in [0.2, 0.25) is 0 Å². The maximum atomic E-state index is 13.2. The monoisotopic (exact) mass is 195 g/mol. The van der Waals surface area contributed by atoms with E-state index in [0.717, 1.165) is 18.2 Å². The fraction of sp³-hybridized carbons (Fsp3) is 0.364. The lowest BCUT2D eigenvalue weighted by molar-refractivity contribution is 0.529. The van der Waals surface area contributed by atoms with Crippen molar-refractivity contribution < 1.29 is 8.78 Å². The molecule has 1 aromatic carbocycles. The summed E-state index contributed by atoms with van der Waals surface area (Å²) >= 11 is 0. The molecule has 1 atom stereocenters. The summed E-state index contributed by atoms with van der Waals surface area (Å²) in [6.45, 7) is 3.61. The second kappa shape index (κ2) is 4.19. The zero-order valence-corrected chi connectivity index (χ0v) is 8.09. The second-order valence-corrected chi connectivity index (χ2v) is 3.52. The molecule has 0 aromatic heterocycles. The van der Waals surface area contributed by atoms with Crippen LogP contribution in [0, 0.1) is 28.9 Å². The van der Waals surface area contributed by atoms with Gasteiger partial charge < -0.3 is 0 Å². The second-order valence-electron chi connectivity index (χ2n) is 3.52. The number of hydrogen-bond donors (Lipinski definition) is 0. The summed E-state index contributed by atoms with van der Waals surface area (Å²) < 4.78 is 26.1. The maximum Gasteiger partial charge on any atom is 0.127 e. The van der Waals surface area contributed by atoms with Crippen LogP contribution in [0.25, 0.3) is 0 Å². The molecule has 0 amide bonds. The van der Waals surface area contributed by atoms with Crippen LogP contribution < -0.4 is 0 Å². The minimum atomic E-state index is -0.592. The van der Waals surface area contributed by atoms with E-state index in [1.54, 1.807) is 13.8 Å². The number of nitrogens with zero attached hydrogens (tertiary/aromatic N) is 1. The Bertz CT molecular complexity index is 366. The molecular formula is C11H11F2N. The van der Waals surface area contributed by atoms with Gasteiger partial charge in [-0.3, -0.25) is 0 Å². The molecule has 0 heterocycles. The molecule has 3 heteroatoms. The summed E-state index contributed by atoms with van der Waals surface area (Å²) in [5.74, 6) is -1.66. The van der Waals surface area contributed by atoms with Gasteiger partial charge in [0.05, 0.1) is 12.0 Å². The SMILES string of the molecule is CC(C)C(C#N)c1cc(F)ccc1F. The Morgan fingerprint density at radius 2 is 1.93 bits per heavy atom. The van der Waals surface area contributed by atoms with E-state index < -0.39 is 17.6 Å². The first-order valence-corrected chi connectivity index (χ1v) is 4.40. The molecule has 14 heavy (non-hydrogen) atoms. The van der Waals surface area contributed by atoms with E-state index in [-0.39, 0.29) is 11.5 Å². The van der Waals surface area contributed by atoms with Crippen LogP contribution in [0.3, 0.4) is 0 Å². The van der Waals surface area contributed by atoms with Gasteiger partial charge in [0, 0.05) is 5.56 Å². The van der Waals surface area contributed by atoms with E-state index in [1.807, 2.05) is 6.07 Å². The Morgan fingerprint density at radius 1 is 1.29 bits per heavy atom. The molecule has 1 nitrogen and oxygen atoms in total. The van der Waals surface area contributed by atoms with Crippen LogP contribution in [-0.4, -0.2) is 0 Å². The Balaban J connectivity index is 3.17. The number of rotatable bonds is 2. The molecule has 1 aromatic rings. The van der Waals surface area contributed by atoms with Crippen molar-refractivity contribution in [3.8, 4) is 6.07 Å². The lowest BCUT2D eigenvalue weighted by atomic mass is 9.89. The number of benzene rings is 1. The number of hydrogen-bond acceptors (Lipinski definition) is 1. The average Bonchev–Trinajstić information content (AvgIpc) is 2.11. The molecule has 0 aliphatic rings. The van der Waals surface area contributed by atoms with E-state index >= 15 is 0 Å². The van der Waals surface area contributed by atoms with Crippen LogP contribution in [0.4, 0.5) is 8.78 Å². The van der Waals surface area contributed by atoms with Crippen LogP contribution >= 0.6 is 0 Å². The van der Waals surface area contributed by atoms with Gasteiger partial charge in [0.25, 0.3) is 0 Å². The predicted molar refractivity (Wildman–Crippen MR) is 49.6 cm³/mol. The topological polar surface area (TPSA) is 23.8 Å². The molecule has 0 aliphatic carbocycles. The molecule has 1 rings (SSSR count). The van der Waals surface area contributed by atoms with E-state index in [9.17, 15) is 8.78 Å². The molecule has 0 radical (unpaired) electrons. The van der Waals surface area contributed by atoms with E-state index in [0.29, 0.717) is 0 Å². The zero-order chi connectivity index (χ0) is 10.7. The minimum absolute atomic E-state index is 0.0312. The number of nitriles is 1. The highest BCUT2D eigenvalue weighted by Gasteiger charge is 2.19. The van der Waals surface area contributed by atoms with Gasteiger partial charge in [-0.25, -0.2) is 8.78 Å². The van der Waals surface area contributed by atoms with Crippen molar-refractivity contribution in [2.75, 3.05) is 0 Å². The van der Waals surface area contributed by atoms with E-state index in [2.05, 4.69) is 0 Å². The molecule has 0 bridgehead atoms. The molecule has 0 N–H and O–H groups in total. The highest BCUT2D eigenvalue weighted by atomic mass is 19.1. The highest BCUT2D eigenvalue weighted by molar-refractivity contribution is 5.27. The fourth-order valence-corrected chi connectivity index (χ4v) is 1.33. The third-order valence-corrected chi connectivity index (χ3v) is 2.10. The van der Waals surface area contributed by atoms with Crippen molar-refractivity contribution in [1.82, 2.24) is 0 Å². The summed E-state index contributed by atoms with van der Waals surface area (Å²) in [4.78, 5) is 0. The maximum absolute atomic E-state index is 13.2. The van der Waals surface area contributed by atoms with Gasteiger partial charge in [0.2, 0.25) is 0 Å². The normalized spacial score (nSPS) is 12.6. The summed E-state index contributed by atoms with van der Waals surface area (Å²) in [5.41, 5.74) is 0.141. The molecule has 74 valence electrons. The van der Waals surface area contributed by atoms with Gasteiger partial charge in [0.1, 0.15) is 11.6 Å². The van der Waals surface area contributed by atoms with Crippen LogP contribution in [0.15, 0.2) is 18.2 Å². The third-order valence-electron chi connectivity index (χ3n) is 2.10. The zero-order valence-electron chi connectivity index (χ0n) is 8.09. The first-order valence-electron chi connectivity index (χ1n) is 4.40. The molecule has 1 unspecified atom stereocenters. The van der Waals surface area contributed by atoms with Gasteiger partial charge in [-0.2, -0.15) is 5.26 Å². The van der Waals surface area contributed by atoms with Gasteiger partial charge in [-0.05, 0) is 24.1 Å². The quantitative estimate of drug-likeness (QED) is 0.710. The van der Waals surface area contributed by atoms with Crippen LogP contribution in [0.5, 0.6) is 0 Å². The molecule has 0 saturated heterocycles. The predicted octanol–water partition coefficient (Wildman–Crippen LogP) is 3.23. The van der Waals surface area contributed by atoms with Crippen molar-refractivity contribution in [3.63, 3.8) is 0 Å². The average molecular weight is 195 g/mol. The van der Waals surface area contributed by atoms with Crippen molar-refractivity contribution in [2.45, 2.75) is 19.8 Å². The standard InChI is InChI=1S/C11H11F2N/c1-7(2)10(6-14)9-5-8(12)3-4-11(9)13/h3-5,7,10H,1-2H3. The Labute approximate surface area is 82.0 Å². The Kier molecular flexibility index (Phi) is 3.19. The van der Waals surface area contributed by atoms with Crippen molar-refractivity contribution in [3.05, 3.63) is 35.4 Å². The van der Waals surface area contributed by atoms with Gasteiger partial charge in [-0.15, -0.1) is 0 Å². The Morgan fingerprint density at radius 3 is 2.43 bits per heavy atom.